The van der Waals surface area contributed by atoms with Gasteiger partial charge in [0.1, 0.15) is 11.8 Å². The molecule has 0 spiro atoms. The van der Waals surface area contributed by atoms with Gasteiger partial charge in [0.05, 0.1) is 25.4 Å². The summed E-state index contributed by atoms with van der Waals surface area (Å²) in [6, 6.07) is 5.63. The van der Waals surface area contributed by atoms with Crippen molar-refractivity contribution in [2.24, 2.45) is 0 Å². The van der Waals surface area contributed by atoms with Crippen molar-refractivity contribution in [3.63, 3.8) is 0 Å². The van der Waals surface area contributed by atoms with Crippen molar-refractivity contribution in [1.82, 2.24) is 0 Å². The van der Waals surface area contributed by atoms with E-state index < -0.39 is 0 Å². The molecule has 1 heterocycles. The van der Waals surface area contributed by atoms with Gasteiger partial charge in [-0.15, -0.1) is 0 Å². The molecule has 1 aromatic rings. The van der Waals surface area contributed by atoms with Crippen molar-refractivity contribution in [3.05, 3.63) is 29.8 Å². The van der Waals surface area contributed by atoms with Crippen LogP contribution in [-0.4, -0.2) is 31.8 Å². The zero-order valence-electron chi connectivity index (χ0n) is 14.3. The van der Waals surface area contributed by atoms with Gasteiger partial charge < -0.3 is 14.4 Å². The van der Waals surface area contributed by atoms with Crippen LogP contribution in [-0.2, 0) is 9.53 Å². The molecule has 1 unspecified atom stereocenters. The normalized spacial score (nSPS) is 17.4. The Labute approximate surface area is 132 Å². The highest BCUT2D eigenvalue weighted by molar-refractivity contribution is 5.89. The number of fused-ring (bicyclic) bond motifs is 1. The summed E-state index contributed by atoms with van der Waals surface area (Å²) in [5.74, 6) is 0.556. The van der Waals surface area contributed by atoms with E-state index in [-0.39, 0.29) is 17.6 Å². The third kappa shape index (κ3) is 2.58. The molecule has 0 bridgehead atoms. The molecule has 0 aromatic heterocycles. The van der Waals surface area contributed by atoms with Gasteiger partial charge in [-0.25, -0.2) is 4.79 Å². The first-order valence-electron chi connectivity index (χ1n) is 7.61. The maximum atomic E-state index is 12.3. The Morgan fingerprint density at radius 2 is 2.00 bits per heavy atom. The molecule has 0 saturated carbocycles. The molecule has 1 aliphatic heterocycles. The number of ether oxygens (including phenoxy) is 2. The van der Waals surface area contributed by atoms with Gasteiger partial charge in [-0.1, -0.05) is 25.1 Å². The van der Waals surface area contributed by atoms with E-state index in [0.717, 1.165) is 17.0 Å². The van der Waals surface area contributed by atoms with Crippen LogP contribution in [0.4, 0.5) is 5.69 Å². The molecule has 120 valence electrons. The lowest BCUT2D eigenvalue weighted by Crippen LogP contribution is -2.54. The Morgan fingerprint density at radius 3 is 2.55 bits per heavy atom. The summed E-state index contributed by atoms with van der Waals surface area (Å²) in [5, 5.41) is 0. The first-order valence-corrected chi connectivity index (χ1v) is 7.61. The average Bonchev–Trinajstić information content (AvgIpc) is 2.49. The highest BCUT2D eigenvalue weighted by Gasteiger charge is 2.40. The number of hydrogen-bond donors (Lipinski definition) is 0. The van der Waals surface area contributed by atoms with Gasteiger partial charge in [-0.2, -0.15) is 0 Å². The van der Waals surface area contributed by atoms with Crippen molar-refractivity contribution < 1.29 is 14.3 Å². The Balaban J connectivity index is 2.70. The first kappa shape index (κ1) is 16.4. The van der Waals surface area contributed by atoms with Crippen LogP contribution in [0.15, 0.2) is 24.3 Å². The molecule has 2 rings (SSSR count). The monoisotopic (exact) mass is 303 g/mol. The van der Waals surface area contributed by atoms with E-state index in [0.29, 0.717) is 6.42 Å². The summed E-state index contributed by atoms with van der Waals surface area (Å²) in [6.45, 7) is 8.31. The van der Waals surface area contributed by atoms with E-state index in [1.807, 2.05) is 19.1 Å². The number of hydrogen-bond acceptors (Lipinski definition) is 4. The molecule has 0 amide bonds. The molecule has 0 N–H and O–H groups in total. The van der Waals surface area contributed by atoms with Crippen molar-refractivity contribution in [2.45, 2.75) is 45.7 Å². The quantitative estimate of drug-likeness (QED) is 0.796. The molecule has 1 aromatic carbocycles. The highest BCUT2D eigenvalue weighted by atomic mass is 16.5. The number of carbonyl (C=O) groups is 1. The number of esters is 1. The Hall–Kier alpha value is -1.97. The van der Waals surface area contributed by atoms with Gasteiger partial charge in [0.2, 0.25) is 0 Å². The van der Waals surface area contributed by atoms with Crippen molar-refractivity contribution in [2.75, 3.05) is 19.1 Å². The van der Waals surface area contributed by atoms with Gasteiger partial charge in [0.15, 0.2) is 0 Å². The van der Waals surface area contributed by atoms with Gasteiger partial charge in [0, 0.05) is 5.56 Å². The zero-order chi connectivity index (χ0) is 16.5. The fourth-order valence-electron chi connectivity index (χ4n) is 3.37. The van der Waals surface area contributed by atoms with E-state index in [9.17, 15) is 4.79 Å². The number of benzene rings is 1. The Kier molecular flexibility index (Phi) is 4.50. The third-order valence-electron chi connectivity index (χ3n) is 4.25. The SMILES string of the molecule is CCC(C(=O)OC)N1c2c(OC)cccc2C(C)=CC1(C)C. The van der Waals surface area contributed by atoms with Crippen LogP contribution in [0.5, 0.6) is 5.75 Å². The van der Waals surface area contributed by atoms with Crippen LogP contribution in [0, 0.1) is 0 Å². The van der Waals surface area contributed by atoms with E-state index in [4.69, 9.17) is 9.47 Å². The lowest BCUT2D eigenvalue weighted by molar-refractivity contribution is -0.142. The Bertz CT molecular complexity index is 604. The number of methoxy groups -OCH3 is 2. The fraction of sp³-hybridized carbons (Fsp3) is 0.500. The number of nitrogens with zero attached hydrogens (tertiary/aromatic N) is 1. The molecular formula is C18H25NO3. The van der Waals surface area contributed by atoms with Crippen LogP contribution in [0.2, 0.25) is 0 Å². The van der Waals surface area contributed by atoms with Crippen molar-refractivity contribution in [1.29, 1.82) is 0 Å². The van der Waals surface area contributed by atoms with E-state index in [2.05, 4.69) is 37.8 Å². The number of carbonyl (C=O) groups excluding carboxylic acids is 1. The second-order valence-electron chi connectivity index (χ2n) is 6.15. The summed E-state index contributed by atoms with van der Waals surface area (Å²) in [4.78, 5) is 14.4. The largest absolute Gasteiger partial charge is 0.495 e. The summed E-state index contributed by atoms with van der Waals surface area (Å²) in [5.41, 5.74) is 2.95. The molecule has 4 nitrogen and oxygen atoms in total. The average molecular weight is 303 g/mol. The minimum Gasteiger partial charge on any atom is -0.495 e. The highest BCUT2D eigenvalue weighted by Crippen LogP contribution is 2.45. The summed E-state index contributed by atoms with van der Waals surface area (Å²) >= 11 is 0. The standard InChI is InChI=1S/C18H25NO3/c1-7-14(17(20)22-6)19-16-13(9-8-10-15(16)21-5)12(2)11-18(19,3)4/h8-11,14H,7H2,1-6H3. The summed E-state index contributed by atoms with van der Waals surface area (Å²) in [7, 11) is 3.10. The second kappa shape index (κ2) is 6.03. The first-order chi connectivity index (χ1) is 10.4. The van der Waals surface area contributed by atoms with Crippen molar-refractivity contribution >= 4 is 17.2 Å². The minimum absolute atomic E-state index is 0.222. The van der Waals surface area contributed by atoms with Crippen LogP contribution in [0.1, 0.15) is 39.7 Å². The fourth-order valence-corrected chi connectivity index (χ4v) is 3.37. The molecule has 0 fully saturated rings. The number of rotatable bonds is 4. The van der Waals surface area contributed by atoms with Crippen LogP contribution in [0.25, 0.3) is 5.57 Å². The van der Waals surface area contributed by atoms with Gasteiger partial charge in [-0.3, -0.25) is 0 Å². The van der Waals surface area contributed by atoms with Gasteiger partial charge >= 0.3 is 5.97 Å². The second-order valence-corrected chi connectivity index (χ2v) is 6.15. The topological polar surface area (TPSA) is 38.8 Å². The van der Waals surface area contributed by atoms with Gasteiger partial charge in [0.25, 0.3) is 0 Å². The maximum absolute atomic E-state index is 12.3. The van der Waals surface area contributed by atoms with E-state index >= 15 is 0 Å². The zero-order valence-corrected chi connectivity index (χ0v) is 14.3. The van der Waals surface area contributed by atoms with Crippen LogP contribution < -0.4 is 9.64 Å². The third-order valence-corrected chi connectivity index (χ3v) is 4.25. The molecule has 1 aliphatic rings. The van der Waals surface area contributed by atoms with Gasteiger partial charge in [-0.05, 0) is 38.8 Å². The molecule has 4 heteroatoms. The lowest BCUT2D eigenvalue weighted by atomic mass is 9.86. The van der Waals surface area contributed by atoms with Crippen LogP contribution >= 0.6 is 0 Å². The predicted molar refractivity (Wildman–Crippen MR) is 89.3 cm³/mol. The minimum atomic E-state index is -0.348. The van der Waals surface area contributed by atoms with Crippen molar-refractivity contribution in [3.8, 4) is 5.75 Å². The summed E-state index contributed by atoms with van der Waals surface area (Å²) in [6.07, 6.45) is 2.86. The smallest absolute Gasteiger partial charge is 0.328 e. The van der Waals surface area contributed by atoms with E-state index in [1.165, 1.54) is 12.7 Å². The maximum Gasteiger partial charge on any atom is 0.328 e. The number of allylic oxidation sites excluding steroid dienone is 1. The predicted octanol–water partition coefficient (Wildman–Crippen LogP) is 3.65. The van der Waals surface area contributed by atoms with Crippen LogP contribution in [0.3, 0.4) is 0 Å². The molecule has 22 heavy (non-hydrogen) atoms. The number of anilines is 1. The molecule has 1 atom stereocenters. The molecule has 0 saturated heterocycles. The number of para-hydroxylation sites is 1. The van der Waals surface area contributed by atoms with E-state index in [1.54, 1.807) is 7.11 Å². The lowest BCUT2D eigenvalue weighted by Gasteiger charge is -2.46. The molecule has 0 radical (unpaired) electrons. The Morgan fingerprint density at radius 1 is 1.32 bits per heavy atom. The molecule has 0 aliphatic carbocycles. The molecular weight excluding hydrogens is 278 g/mol. The summed E-state index contributed by atoms with van der Waals surface area (Å²) < 4.78 is 10.6.